The Balaban J connectivity index is 1.34. The largest absolute Gasteiger partial charge is 0.497 e. The van der Waals surface area contributed by atoms with Crippen LogP contribution < -0.4 is 9.47 Å². The van der Waals surface area contributed by atoms with Gasteiger partial charge in [0.25, 0.3) is 0 Å². The summed E-state index contributed by atoms with van der Waals surface area (Å²) in [5.74, 6) is 1.82. The Bertz CT molecular complexity index is 910. The van der Waals surface area contributed by atoms with Crippen LogP contribution in [-0.2, 0) is 30.7 Å². The van der Waals surface area contributed by atoms with E-state index < -0.39 is 0 Å². The SMILES string of the molecule is COc1ccc2c(c1)OC(C)CN(CCC(=O)N(C)Cc1n[nH]c3c1CCCCC3)C2. The van der Waals surface area contributed by atoms with Gasteiger partial charge in [-0.1, -0.05) is 12.5 Å². The first-order valence-electron chi connectivity index (χ1n) is 11.4. The minimum absolute atomic E-state index is 0.0562. The average Bonchev–Trinajstić information content (AvgIpc) is 2.92. The highest BCUT2D eigenvalue weighted by atomic mass is 16.5. The topological polar surface area (TPSA) is 70.7 Å². The van der Waals surface area contributed by atoms with E-state index in [1.165, 1.54) is 30.5 Å². The molecule has 31 heavy (non-hydrogen) atoms. The molecule has 1 aromatic heterocycles. The second-order valence-electron chi connectivity index (χ2n) is 8.83. The predicted octanol–water partition coefficient (Wildman–Crippen LogP) is 3.32. The number of ether oxygens (including phenoxy) is 2. The van der Waals surface area contributed by atoms with E-state index in [2.05, 4.69) is 28.1 Å². The van der Waals surface area contributed by atoms with Crippen LogP contribution in [0.5, 0.6) is 11.5 Å². The van der Waals surface area contributed by atoms with Crippen molar-refractivity contribution in [3.05, 3.63) is 40.7 Å². The summed E-state index contributed by atoms with van der Waals surface area (Å²) in [4.78, 5) is 17.0. The summed E-state index contributed by atoms with van der Waals surface area (Å²) in [7, 11) is 3.55. The number of aryl methyl sites for hydroxylation is 1. The van der Waals surface area contributed by atoms with Gasteiger partial charge in [0.05, 0.1) is 19.3 Å². The minimum atomic E-state index is 0.0562. The molecule has 0 bridgehead atoms. The smallest absolute Gasteiger partial charge is 0.223 e. The van der Waals surface area contributed by atoms with Gasteiger partial charge in [0.1, 0.15) is 17.6 Å². The molecule has 4 rings (SSSR count). The molecule has 0 radical (unpaired) electrons. The molecular formula is C24H34N4O3. The molecule has 0 saturated carbocycles. The Morgan fingerprint density at radius 1 is 1.32 bits per heavy atom. The number of nitrogens with zero attached hydrogens (tertiary/aromatic N) is 3. The van der Waals surface area contributed by atoms with Gasteiger partial charge in [-0.3, -0.25) is 14.8 Å². The fourth-order valence-corrected chi connectivity index (χ4v) is 4.61. The van der Waals surface area contributed by atoms with Gasteiger partial charge in [-0.2, -0.15) is 5.10 Å². The number of H-pyrrole nitrogens is 1. The Morgan fingerprint density at radius 3 is 3.00 bits per heavy atom. The van der Waals surface area contributed by atoms with Crippen molar-refractivity contribution in [3.8, 4) is 11.5 Å². The lowest BCUT2D eigenvalue weighted by Crippen LogP contribution is -2.35. The first-order valence-corrected chi connectivity index (χ1v) is 11.4. The van der Waals surface area contributed by atoms with Crippen molar-refractivity contribution in [1.82, 2.24) is 20.0 Å². The van der Waals surface area contributed by atoms with Crippen LogP contribution in [0, 0.1) is 0 Å². The van der Waals surface area contributed by atoms with Crippen molar-refractivity contribution in [2.24, 2.45) is 0 Å². The lowest BCUT2D eigenvalue weighted by Gasteiger charge is -2.23. The summed E-state index contributed by atoms with van der Waals surface area (Å²) in [5.41, 5.74) is 4.77. The van der Waals surface area contributed by atoms with Gasteiger partial charge >= 0.3 is 0 Å². The number of aromatic nitrogens is 2. The monoisotopic (exact) mass is 426 g/mol. The van der Waals surface area contributed by atoms with Crippen molar-refractivity contribution in [3.63, 3.8) is 0 Å². The molecule has 1 amide bonds. The molecule has 1 N–H and O–H groups in total. The number of nitrogens with one attached hydrogen (secondary N) is 1. The molecule has 1 aliphatic carbocycles. The van der Waals surface area contributed by atoms with Crippen molar-refractivity contribution in [2.75, 3.05) is 27.2 Å². The van der Waals surface area contributed by atoms with Crippen LogP contribution in [0.4, 0.5) is 0 Å². The van der Waals surface area contributed by atoms with Crippen LogP contribution in [0.1, 0.15) is 55.1 Å². The maximum absolute atomic E-state index is 12.9. The van der Waals surface area contributed by atoms with Crippen LogP contribution in [0.15, 0.2) is 18.2 Å². The number of carbonyl (C=O) groups excluding carboxylic acids is 1. The molecule has 0 fully saturated rings. The standard InChI is InChI=1S/C24H34N4O3/c1-17-14-28(15-18-9-10-19(30-3)13-23(18)31-17)12-11-24(29)27(2)16-22-20-7-5-4-6-8-21(20)25-26-22/h9-10,13,17H,4-8,11-12,14-16H2,1-3H3,(H,25,26). The summed E-state index contributed by atoms with van der Waals surface area (Å²) in [6, 6.07) is 5.96. The molecule has 168 valence electrons. The molecule has 7 nitrogen and oxygen atoms in total. The van der Waals surface area contributed by atoms with Crippen molar-refractivity contribution >= 4 is 5.91 Å². The summed E-state index contributed by atoms with van der Waals surface area (Å²) in [5, 5.41) is 7.72. The summed E-state index contributed by atoms with van der Waals surface area (Å²) >= 11 is 0. The summed E-state index contributed by atoms with van der Waals surface area (Å²) < 4.78 is 11.4. The van der Waals surface area contributed by atoms with E-state index in [4.69, 9.17) is 9.47 Å². The Hall–Kier alpha value is -2.54. The van der Waals surface area contributed by atoms with Crippen LogP contribution in [0.2, 0.25) is 0 Å². The molecule has 0 spiro atoms. The number of methoxy groups -OCH3 is 1. The number of fused-ring (bicyclic) bond motifs is 2. The first-order chi connectivity index (χ1) is 15.0. The van der Waals surface area contributed by atoms with Crippen molar-refractivity contribution in [1.29, 1.82) is 0 Å². The summed E-state index contributed by atoms with van der Waals surface area (Å²) in [6.45, 7) is 4.92. The third-order valence-corrected chi connectivity index (χ3v) is 6.36. The molecular weight excluding hydrogens is 392 g/mol. The average molecular weight is 427 g/mol. The lowest BCUT2D eigenvalue weighted by atomic mass is 10.1. The van der Waals surface area contributed by atoms with Gasteiger partial charge in [-0.15, -0.1) is 0 Å². The zero-order chi connectivity index (χ0) is 21.8. The first kappa shape index (κ1) is 21.7. The number of rotatable bonds is 6. The number of carbonyl (C=O) groups is 1. The number of aromatic amines is 1. The van der Waals surface area contributed by atoms with Crippen LogP contribution in [0.25, 0.3) is 0 Å². The fourth-order valence-electron chi connectivity index (χ4n) is 4.61. The highest BCUT2D eigenvalue weighted by Crippen LogP contribution is 2.29. The fraction of sp³-hybridized carbons (Fsp3) is 0.583. The normalized spacial score (nSPS) is 18.9. The molecule has 2 aromatic rings. The Morgan fingerprint density at radius 2 is 2.16 bits per heavy atom. The minimum Gasteiger partial charge on any atom is -0.497 e. The van der Waals surface area contributed by atoms with E-state index in [9.17, 15) is 4.79 Å². The molecule has 1 aromatic carbocycles. The number of hydrogen-bond donors (Lipinski definition) is 1. The van der Waals surface area contributed by atoms with E-state index in [1.807, 2.05) is 24.1 Å². The van der Waals surface area contributed by atoms with Crippen LogP contribution >= 0.6 is 0 Å². The van der Waals surface area contributed by atoms with Crippen LogP contribution in [0.3, 0.4) is 0 Å². The second-order valence-corrected chi connectivity index (χ2v) is 8.83. The van der Waals surface area contributed by atoms with Crippen LogP contribution in [-0.4, -0.2) is 59.3 Å². The molecule has 2 aliphatic rings. The number of hydrogen-bond acceptors (Lipinski definition) is 5. The van der Waals surface area contributed by atoms with E-state index in [0.717, 1.165) is 48.7 Å². The van der Waals surface area contributed by atoms with Gasteiger partial charge in [0, 0.05) is 50.4 Å². The van der Waals surface area contributed by atoms with Gasteiger partial charge < -0.3 is 14.4 Å². The third-order valence-electron chi connectivity index (χ3n) is 6.36. The summed E-state index contributed by atoms with van der Waals surface area (Å²) in [6.07, 6.45) is 6.38. The van der Waals surface area contributed by atoms with E-state index in [0.29, 0.717) is 19.5 Å². The van der Waals surface area contributed by atoms with Crippen molar-refractivity contribution in [2.45, 2.75) is 64.6 Å². The Kier molecular flexibility index (Phi) is 6.80. The molecule has 2 heterocycles. The second kappa shape index (κ2) is 9.73. The van der Waals surface area contributed by atoms with Gasteiger partial charge in [-0.05, 0) is 44.2 Å². The van der Waals surface area contributed by atoms with E-state index in [1.54, 1.807) is 7.11 Å². The van der Waals surface area contributed by atoms with Gasteiger partial charge in [0.2, 0.25) is 5.91 Å². The zero-order valence-electron chi connectivity index (χ0n) is 18.9. The van der Waals surface area contributed by atoms with E-state index in [-0.39, 0.29) is 12.0 Å². The van der Waals surface area contributed by atoms with E-state index >= 15 is 0 Å². The zero-order valence-corrected chi connectivity index (χ0v) is 18.9. The number of amides is 1. The molecule has 1 aliphatic heterocycles. The maximum Gasteiger partial charge on any atom is 0.223 e. The Labute approximate surface area is 184 Å². The molecule has 1 atom stereocenters. The maximum atomic E-state index is 12.9. The molecule has 1 unspecified atom stereocenters. The highest BCUT2D eigenvalue weighted by molar-refractivity contribution is 5.76. The molecule has 7 heteroatoms. The quantitative estimate of drug-likeness (QED) is 0.718. The van der Waals surface area contributed by atoms with Crippen molar-refractivity contribution < 1.29 is 14.3 Å². The third kappa shape index (κ3) is 5.21. The number of benzene rings is 1. The predicted molar refractivity (Wildman–Crippen MR) is 119 cm³/mol. The van der Waals surface area contributed by atoms with Gasteiger partial charge in [-0.25, -0.2) is 0 Å². The van der Waals surface area contributed by atoms with Gasteiger partial charge in [0.15, 0.2) is 0 Å². The highest BCUT2D eigenvalue weighted by Gasteiger charge is 2.23. The molecule has 0 saturated heterocycles. The lowest BCUT2D eigenvalue weighted by molar-refractivity contribution is -0.130.